The number of rotatable bonds is 8. The molecule has 0 amide bonds. The Balaban J connectivity index is 2.13. The van der Waals surface area contributed by atoms with Crippen LogP contribution in [0.2, 0.25) is 0 Å². The zero-order chi connectivity index (χ0) is 12.6. The van der Waals surface area contributed by atoms with E-state index in [2.05, 4.69) is 68.2 Å². The van der Waals surface area contributed by atoms with Crippen molar-refractivity contribution in [2.24, 2.45) is 0 Å². The van der Waals surface area contributed by atoms with Crippen LogP contribution in [0.3, 0.4) is 0 Å². The van der Waals surface area contributed by atoms with Gasteiger partial charge in [0.2, 0.25) is 0 Å². The van der Waals surface area contributed by atoms with E-state index >= 15 is 0 Å². The van der Waals surface area contributed by atoms with Gasteiger partial charge in [-0.2, -0.15) is 11.8 Å². The lowest BCUT2D eigenvalue weighted by Crippen LogP contribution is -2.22. The Morgan fingerprint density at radius 3 is 2.35 bits per heavy atom. The zero-order valence-electron chi connectivity index (χ0n) is 11.3. The van der Waals surface area contributed by atoms with Gasteiger partial charge in [0.15, 0.2) is 0 Å². The van der Waals surface area contributed by atoms with Crippen LogP contribution in [0.15, 0.2) is 30.3 Å². The third kappa shape index (κ3) is 5.60. The first kappa shape index (κ1) is 14.6. The van der Waals surface area contributed by atoms with Crippen LogP contribution in [0, 0.1) is 0 Å². The minimum atomic E-state index is 0.467. The molecule has 0 aliphatic carbocycles. The molecular formula is C15H25NS. The minimum Gasteiger partial charge on any atom is -0.312 e. The lowest BCUT2D eigenvalue weighted by atomic mass is 10.1. The molecule has 0 spiro atoms. The number of thioether (sulfide) groups is 1. The third-order valence-electron chi connectivity index (χ3n) is 3.40. The van der Waals surface area contributed by atoms with Gasteiger partial charge < -0.3 is 5.32 Å². The summed E-state index contributed by atoms with van der Waals surface area (Å²) in [6.45, 7) is 9.02. The molecule has 1 rings (SSSR count). The van der Waals surface area contributed by atoms with Crippen molar-refractivity contribution in [2.45, 2.75) is 44.9 Å². The number of hydrogen-bond donors (Lipinski definition) is 1. The van der Waals surface area contributed by atoms with Crippen LogP contribution in [-0.2, 0) is 6.54 Å². The highest BCUT2D eigenvalue weighted by atomic mass is 32.2. The van der Waals surface area contributed by atoms with Crippen LogP contribution in [0.25, 0.3) is 0 Å². The highest BCUT2D eigenvalue weighted by molar-refractivity contribution is 8.00. The second-order valence-electron chi connectivity index (χ2n) is 4.67. The number of nitrogens with one attached hydrogen (secondary N) is 1. The third-order valence-corrected chi connectivity index (χ3v) is 5.08. The maximum absolute atomic E-state index is 3.50. The Kier molecular flexibility index (Phi) is 6.68. The van der Waals surface area contributed by atoms with Crippen LogP contribution < -0.4 is 5.32 Å². The van der Waals surface area contributed by atoms with Crippen molar-refractivity contribution in [3.8, 4) is 0 Å². The molecule has 0 aliphatic rings. The standard InChI is InChI=1S/C15H25NS/c1-4-15(3,5-2)17-12-11-16-13-14-9-7-6-8-10-14/h6-10,16H,4-5,11-13H2,1-3H3. The second kappa shape index (κ2) is 7.78. The van der Waals surface area contributed by atoms with Crippen molar-refractivity contribution in [3.63, 3.8) is 0 Å². The average Bonchev–Trinajstić information content (AvgIpc) is 2.39. The maximum Gasteiger partial charge on any atom is 0.0205 e. The summed E-state index contributed by atoms with van der Waals surface area (Å²) in [5.74, 6) is 1.20. The molecule has 0 aliphatic heterocycles. The molecule has 0 bridgehead atoms. The van der Waals surface area contributed by atoms with Gasteiger partial charge >= 0.3 is 0 Å². The minimum absolute atomic E-state index is 0.467. The predicted octanol–water partition coefficient (Wildman–Crippen LogP) is 4.09. The first-order valence-electron chi connectivity index (χ1n) is 6.59. The van der Waals surface area contributed by atoms with Gasteiger partial charge in [-0.3, -0.25) is 0 Å². The summed E-state index contributed by atoms with van der Waals surface area (Å²) < 4.78 is 0.467. The smallest absolute Gasteiger partial charge is 0.0205 e. The molecule has 0 heterocycles. The van der Waals surface area contributed by atoms with E-state index in [-0.39, 0.29) is 0 Å². The van der Waals surface area contributed by atoms with E-state index in [1.165, 1.54) is 24.2 Å². The van der Waals surface area contributed by atoms with Crippen LogP contribution in [0.4, 0.5) is 0 Å². The van der Waals surface area contributed by atoms with Gasteiger partial charge in [-0.25, -0.2) is 0 Å². The molecular weight excluding hydrogens is 226 g/mol. The summed E-state index contributed by atoms with van der Waals surface area (Å²) in [5.41, 5.74) is 1.37. The van der Waals surface area contributed by atoms with Crippen molar-refractivity contribution >= 4 is 11.8 Å². The summed E-state index contributed by atoms with van der Waals surface area (Å²) in [4.78, 5) is 0. The molecule has 0 radical (unpaired) electrons. The quantitative estimate of drug-likeness (QED) is 0.698. The highest BCUT2D eigenvalue weighted by Gasteiger charge is 2.18. The van der Waals surface area contributed by atoms with E-state index in [9.17, 15) is 0 Å². The van der Waals surface area contributed by atoms with Crippen molar-refractivity contribution in [1.29, 1.82) is 0 Å². The average molecular weight is 251 g/mol. The Morgan fingerprint density at radius 1 is 1.12 bits per heavy atom. The molecule has 1 aromatic carbocycles. The molecule has 17 heavy (non-hydrogen) atoms. The van der Waals surface area contributed by atoms with Crippen molar-refractivity contribution in [3.05, 3.63) is 35.9 Å². The SMILES string of the molecule is CCC(C)(CC)SCCNCc1ccccc1. The van der Waals surface area contributed by atoms with Gasteiger partial charge in [-0.15, -0.1) is 0 Å². The second-order valence-corrected chi connectivity index (χ2v) is 6.35. The number of hydrogen-bond acceptors (Lipinski definition) is 2. The fourth-order valence-corrected chi connectivity index (χ4v) is 2.80. The molecule has 0 fully saturated rings. The molecule has 1 N–H and O–H groups in total. The summed E-state index contributed by atoms with van der Waals surface area (Å²) in [7, 11) is 0. The van der Waals surface area contributed by atoms with Crippen LogP contribution in [0.5, 0.6) is 0 Å². The summed E-state index contributed by atoms with van der Waals surface area (Å²) in [5, 5.41) is 3.50. The molecule has 1 nitrogen and oxygen atoms in total. The first-order chi connectivity index (χ1) is 8.20. The van der Waals surface area contributed by atoms with Crippen LogP contribution in [-0.4, -0.2) is 17.0 Å². The maximum atomic E-state index is 3.50. The van der Waals surface area contributed by atoms with Gasteiger partial charge in [-0.05, 0) is 18.4 Å². The van der Waals surface area contributed by atoms with Gasteiger partial charge in [0.25, 0.3) is 0 Å². The lowest BCUT2D eigenvalue weighted by molar-refractivity contribution is 0.598. The molecule has 0 saturated carbocycles. The molecule has 0 unspecified atom stereocenters. The van der Waals surface area contributed by atoms with Crippen LogP contribution in [0.1, 0.15) is 39.2 Å². The summed E-state index contributed by atoms with van der Waals surface area (Å²) in [6, 6.07) is 10.6. The zero-order valence-corrected chi connectivity index (χ0v) is 12.1. The Bertz CT molecular complexity index is 293. The van der Waals surface area contributed by atoms with Gasteiger partial charge in [0.05, 0.1) is 0 Å². The summed E-state index contributed by atoms with van der Waals surface area (Å²) in [6.07, 6.45) is 2.51. The van der Waals surface area contributed by atoms with E-state index in [4.69, 9.17) is 0 Å². The monoisotopic (exact) mass is 251 g/mol. The Morgan fingerprint density at radius 2 is 1.76 bits per heavy atom. The van der Waals surface area contributed by atoms with Crippen molar-refractivity contribution < 1.29 is 0 Å². The molecule has 0 aromatic heterocycles. The van der Waals surface area contributed by atoms with Crippen LogP contribution >= 0.6 is 11.8 Å². The van der Waals surface area contributed by atoms with E-state index in [0.717, 1.165) is 13.1 Å². The molecule has 0 saturated heterocycles. The van der Waals surface area contributed by atoms with Crippen molar-refractivity contribution in [1.82, 2.24) is 5.32 Å². The van der Waals surface area contributed by atoms with E-state index in [0.29, 0.717) is 4.75 Å². The van der Waals surface area contributed by atoms with Crippen molar-refractivity contribution in [2.75, 3.05) is 12.3 Å². The highest BCUT2D eigenvalue weighted by Crippen LogP contribution is 2.31. The van der Waals surface area contributed by atoms with E-state index in [1.54, 1.807) is 0 Å². The predicted molar refractivity (Wildman–Crippen MR) is 79.6 cm³/mol. The molecule has 0 atom stereocenters. The van der Waals surface area contributed by atoms with Gasteiger partial charge in [0, 0.05) is 23.6 Å². The molecule has 96 valence electrons. The van der Waals surface area contributed by atoms with Gasteiger partial charge in [-0.1, -0.05) is 51.1 Å². The van der Waals surface area contributed by atoms with E-state index in [1.807, 2.05) is 0 Å². The van der Waals surface area contributed by atoms with E-state index < -0.39 is 0 Å². The Hall–Kier alpha value is -0.470. The topological polar surface area (TPSA) is 12.0 Å². The lowest BCUT2D eigenvalue weighted by Gasteiger charge is -2.25. The molecule has 2 heteroatoms. The van der Waals surface area contributed by atoms with Gasteiger partial charge in [0.1, 0.15) is 0 Å². The largest absolute Gasteiger partial charge is 0.312 e. The summed E-state index contributed by atoms with van der Waals surface area (Å²) >= 11 is 2.10. The molecule has 1 aromatic rings. The normalized spacial score (nSPS) is 11.7. The fourth-order valence-electron chi connectivity index (χ4n) is 1.65. The first-order valence-corrected chi connectivity index (χ1v) is 7.57. The Labute approximate surface area is 110 Å². The fraction of sp³-hybridized carbons (Fsp3) is 0.600. The number of benzene rings is 1.